The Bertz CT molecular complexity index is 310. The quantitative estimate of drug-likeness (QED) is 0.570. The highest BCUT2D eigenvalue weighted by atomic mass is 28.4. The SMILES string of the molecule is CCCO[Si](C)(CCCN(CC)C(=O)O[Si](C)(C)C)OC. The molecule has 1 unspecified atom stereocenters. The molecule has 0 saturated heterocycles. The first-order valence-electron chi connectivity index (χ1n) is 7.84. The molecule has 1 atom stereocenters. The molecule has 0 aromatic carbocycles. The fourth-order valence-corrected chi connectivity index (χ4v) is 4.40. The third-order valence-corrected chi connectivity index (χ3v) is 6.86. The Kier molecular flexibility index (Phi) is 9.43. The van der Waals surface area contributed by atoms with Gasteiger partial charge in [-0.15, -0.1) is 0 Å². The van der Waals surface area contributed by atoms with Crippen LogP contribution in [0.1, 0.15) is 26.7 Å². The summed E-state index contributed by atoms with van der Waals surface area (Å²) in [5.74, 6) is 0. The molecule has 0 rings (SSSR count). The van der Waals surface area contributed by atoms with E-state index < -0.39 is 16.9 Å². The fourth-order valence-electron chi connectivity index (χ4n) is 1.85. The molecular weight excluding hydrogens is 302 g/mol. The fraction of sp³-hybridized carbons (Fsp3) is 0.929. The van der Waals surface area contributed by atoms with Crippen molar-refractivity contribution in [1.29, 1.82) is 0 Å². The van der Waals surface area contributed by atoms with Gasteiger partial charge in [0.2, 0.25) is 8.32 Å². The third-order valence-electron chi connectivity index (χ3n) is 3.14. The van der Waals surface area contributed by atoms with Crippen molar-refractivity contribution in [1.82, 2.24) is 4.90 Å². The zero-order chi connectivity index (χ0) is 16.5. The summed E-state index contributed by atoms with van der Waals surface area (Å²) >= 11 is 0. The monoisotopic (exact) mass is 335 g/mol. The average molecular weight is 336 g/mol. The lowest BCUT2D eigenvalue weighted by Crippen LogP contribution is -2.41. The molecular formula is C14H33NO4Si2. The molecule has 0 heterocycles. The van der Waals surface area contributed by atoms with Crippen LogP contribution in [0.2, 0.25) is 32.2 Å². The first-order chi connectivity index (χ1) is 9.67. The lowest BCUT2D eigenvalue weighted by Gasteiger charge is -2.28. The minimum atomic E-state index is -2.08. The molecule has 0 aliphatic carbocycles. The van der Waals surface area contributed by atoms with Gasteiger partial charge in [0.25, 0.3) is 0 Å². The highest BCUT2D eigenvalue weighted by Gasteiger charge is 2.30. The van der Waals surface area contributed by atoms with Crippen LogP contribution >= 0.6 is 0 Å². The van der Waals surface area contributed by atoms with Crippen molar-refractivity contribution in [2.75, 3.05) is 26.8 Å². The Morgan fingerprint density at radius 1 is 1.14 bits per heavy atom. The molecule has 126 valence electrons. The van der Waals surface area contributed by atoms with E-state index >= 15 is 0 Å². The second kappa shape index (κ2) is 9.60. The normalized spacial score (nSPS) is 14.6. The summed E-state index contributed by atoms with van der Waals surface area (Å²) in [4.78, 5) is 13.8. The smallest absolute Gasteiger partial charge is 0.396 e. The van der Waals surface area contributed by atoms with E-state index in [2.05, 4.69) is 13.5 Å². The van der Waals surface area contributed by atoms with Gasteiger partial charge in [0.15, 0.2) is 0 Å². The molecule has 0 bridgehead atoms. The summed E-state index contributed by atoms with van der Waals surface area (Å²) < 4.78 is 17.0. The molecule has 21 heavy (non-hydrogen) atoms. The molecule has 0 radical (unpaired) electrons. The van der Waals surface area contributed by atoms with Crippen molar-refractivity contribution in [2.24, 2.45) is 0 Å². The van der Waals surface area contributed by atoms with E-state index in [1.54, 1.807) is 12.0 Å². The number of nitrogens with zero attached hydrogens (tertiary/aromatic N) is 1. The van der Waals surface area contributed by atoms with Gasteiger partial charge in [0.05, 0.1) is 0 Å². The lowest BCUT2D eigenvalue weighted by atomic mass is 10.4. The van der Waals surface area contributed by atoms with Crippen LogP contribution in [0.3, 0.4) is 0 Å². The Morgan fingerprint density at radius 2 is 1.76 bits per heavy atom. The van der Waals surface area contributed by atoms with Crippen molar-refractivity contribution in [3.8, 4) is 0 Å². The van der Waals surface area contributed by atoms with Crippen molar-refractivity contribution < 1.29 is 18.1 Å². The molecule has 0 aromatic rings. The maximum Gasteiger partial charge on any atom is 0.396 e. The van der Waals surface area contributed by atoms with Crippen molar-refractivity contribution in [3.05, 3.63) is 0 Å². The zero-order valence-electron chi connectivity index (χ0n) is 14.8. The van der Waals surface area contributed by atoms with Crippen LogP contribution in [0.4, 0.5) is 4.79 Å². The molecule has 7 heteroatoms. The van der Waals surface area contributed by atoms with Gasteiger partial charge in [-0.3, -0.25) is 0 Å². The van der Waals surface area contributed by atoms with Crippen LogP contribution in [0, 0.1) is 0 Å². The van der Waals surface area contributed by atoms with Crippen molar-refractivity contribution >= 4 is 23.0 Å². The molecule has 0 fully saturated rings. The van der Waals surface area contributed by atoms with Gasteiger partial charge in [-0.05, 0) is 52.0 Å². The van der Waals surface area contributed by atoms with E-state index in [0.29, 0.717) is 13.1 Å². The van der Waals surface area contributed by atoms with E-state index in [-0.39, 0.29) is 6.09 Å². The first kappa shape index (κ1) is 20.6. The van der Waals surface area contributed by atoms with Crippen LogP contribution in [0.25, 0.3) is 0 Å². The summed E-state index contributed by atoms with van der Waals surface area (Å²) in [7, 11) is -2.19. The van der Waals surface area contributed by atoms with E-state index in [1.165, 1.54) is 0 Å². The van der Waals surface area contributed by atoms with E-state index in [0.717, 1.165) is 25.5 Å². The summed E-state index contributed by atoms with van der Waals surface area (Å²) in [5, 5.41) is 0. The summed E-state index contributed by atoms with van der Waals surface area (Å²) in [6.07, 6.45) is 1.69. The van der Waals surface area contributed by atoms with E-state index in [1.807, 2.05) is 26.6 Å². The second-order valence-corrected chi connectivity index (χ2v) is 14.2. The van der Waals surface area contributed by atoms with Gasteiger partial charge < -0.3 is 18.2 Å². The zero-order valence-corrected chi connectivity index (χ0v) is 16.8. The minimum Gasteiger partial charge on any atom is -0.504 e. The second-order valence-electron chi connectivity index (χ2n) is 6.35. The van der Waals surface area contributed by atoms with Crippen molar-refractivity contribution in [3.63, 3.8) is 0 Å². The topological polar surface area (TPSA) is 48.0 Å². The van der Waals surface area contributed by atoms with Gasteiger partial charge in [0, 0.05) is 26.8 Å². The highest BCUT2D eigenvalue weighted by molar-refractivity contribution is 6.71. The van der Waals surface area contributed by atoms with Gasteiger partial charge in [-0.25, -0.2) is 4.79 Å². The average Bonchev–Trinajstić information content (AvgIpc) is 2.39. The van der Waals surface area contributed by atoms with Crippen LogP contribution in [0.15, 0.2) is 0 Å². The maximum absolute atomic E-state index is 12.1. The van der Waals surface area contributed by atoms with Crippen LogP contribution < -0.4 is 0 Å². The minimum absolute atomic E-state index is 0.188. The van der Waals surface area contributed by atoms with E-state index in [4.69, 9.17) is 13.3 Å². The van der Waals surface area contributed by atoms with E-state index in [9.17, 15) is 4.79 Å². The maximum atomic E-state index is 12.1. The van der Waals surface area contributed by atoms with Crippen LogP contribution in [-0.2, 0) is 13.3 Å². The molecule has 0 aromatic heterocycles. The molecule has 0 saturated carbocycles. The largest absolute Gasteiger partial charge is 0.504 e. The lowest BCUT2D eigenvalue weighted by molar-refractivity contribution is 0.151. The molecule has 0 N–H and O–H groups in total. The number of carbonyl (C=O) groups excluding carboxylic acids is 1. The van der Waals surface area contributed by atoms with Crippen LogP contribution in [0.5, 0.6) is 0 Å². The first-order valence-corrected chi connectivity index (χ1v) is 13.8. The van der Waals surface area contributed by atoms with Gasteiger partial charge >= 0.3 is 14.7 Å². The highest BCUT2D eigenvalue weighted by Crippen LogP contribution is 2.16. The molecule has 0 aliphatic heterocycles. The number of hydrogen-bond acceptors (Lipinski definition) is 4. The van der Waals surface area contributed by atoms with Crippen molar-refractivity contribution in [2.45, 2.75) is 58.9 Å². The Morgan fingerprint density at radius 3 is 2.19 bits per heavy atom. The molecule has 0 spiro atoms. The van der Waals surface area contributed by atoms with Gasteiger partial charge in [-0.1, -0.05) is 6.92 Å². The Hall–Kier alpha value is -0.376. The number of rotatable bonds is 10. The number of amides is 1. The predicted molar refractivity (Wildman–Crippen MR) is 91.4 cm³/mol. The molecule has 0 aliphatic rings. The molecule has 1 amide bonds. The van der Waals surface area contributed by atoms with Gasteiger partial charge in [-0.2, -0.15) is 0 Å². The molecule has 5 nitrogen and oxygen atoms in total. The standard InChI is InChI=1S/C14H33NO4Si2/c1-8-12-18-21(7,17-3)13-10-11-15(9-2)14(16)19-20(4,5)6/h8-13H2,1-7H3. The van der Waals surface area contributed by atoms with Crippen LogP contribution in [-0.4, -0.2) is 54.7 Å². The number of hydrogen-bond donors (Lipinski definition) is 0. The Balaban J connectivity index is 4.30. The summed E-state index contributed by atoms with van der Waals surface area (Å²) in [5.41, 5.74) is 0. The predicted octanol–water partition coefficient (Wildman–Crippen LogP) is 3.81. The summed E-state index contributed by atoms with van der Waals surface area (Å²) in [6.45, 7) is 14.3. The Labute approximate surface area is 132 Å². The summed E-state index contributed by atoms with van der Waals surface area (Å²) in [6, 6.07) is 0.889. The third kappa shape index (κ3) is 9.28. The number of carbonyl (C=O) groups is 1. The van der Waals surface area contributed by atoms with Gasteiger partial charge in [0.1, 0.15) is 0 Å².